The second-order valence-corrected chi connectivity index (χ2v) is 23.2. The Morgan fingerprint density at radius 2 is 1.42 bits per heavy atom. The van der Waals surface area contributed by atoms with Gasteiger partial charge in [0.1, 0.15) is 5.60 Å². The molecular formula is C26H49NO2Si2. The van der Waals surface area contributed by atoms with E-state index in [4.69, 9.17) is 8.85 Å². The highest BCUT2D eigenvalue weighted by Gasteiger charge is 2.66. The Morgan fingerprint density at radius 1 is 0.806 bits per heavy atom. The van der Waals surface area contributed by atoms with Crippen molar-refractivity contribution < 1.29 is 8.85 Å². The first-order valence-electron chi connectivity index (χ1n) is 12.7. The quantitative estimate of drug-likeness (QED) is 0.394. The Kier molecular flexibility index (Phi) is 6.54. The lowest BCUT2D eigenvalue weighted by Gasteiger charge is -2.67. The Morgan fingerprint density at radius 3 is 1.97 bits per heavy atom. The topological polar surface area (TPSA) is 42.2 Å². The summed E-state index contributed by atoms with van der Waals surface area (Å²) in [7, 11) is -3.58. The maximum absolute atomic E-state index is 10.6. The van der Waals surface area contributed by atoms with Gasteiger partial charge in [-0.15, -0.1) is 0 Å². The molecule has 31 heavy (non-hydrogen) atoms. The van der Waals surface area contributed by atoms with Crippen molar-refractivity contribution in [2.75, 3.05) is 6.61 Å². The molecule has 0 spiro atoms. The number of nitriles is 1. The molecule has 178 valence electrons. The molecule has 0 amide bonds. The molecule has 3 aliphatic carbocycles. The first-order valence-corrected chi connectivity index (χ1v) is 19.6. The molecule has 0 aliphatic heterocycles. The molecule has 0 heterocycles. The first-order chi connectivity index (χ1) is 14.0. The van der Waals surface area contributed by atoms with Crippen molar-refractivity contribution >= 4 is 16.6 Å². The van der Waals surface area contributed by atoms with Gasteiger partial charge in [0.25, 0.3) is 0 Å². The van der Waals surface area contributed by atoms with E-state index in [1.807, 2.05) is 0 Å². The third-order valence-corrected chi connectivity index (χ3v) is 11.4. The zero-order valence-corrected chi connectivity index (χ0v) is 24.2. The minimum Gasteiger partial charge on any atom is -0.417 e. The monoisotopic (exact) mass is 463 g/mol. The molecule has 0 unspecified atom stereocenters. The van der Waals surface area contributed by atoms with Crippen LogP contribution >= 0.6 is 0 Å². The van der Waals surface area contributed by atoms with Crippen molar-refractivity contribution in [1.82, 2.24) is 0 Å². The smallest absolute Gasteiger partial charge is 0.185 e. The maximum atomic E-state index is 10.6. The van der Waals surface area contributed by atoms with Crippen LogP contribution in [-0.4, -0.2) is 28.8 Å². The van der Waals surface area contributed by atoms with Gasteiger partial charge in [-0.05, 0) is 106 Å². The summed E-state index contributed by atoms with van der Waals surface area (Å²) >= 11 is 0. The molecule has 0 aromatic heterocycles. The molecule has 3 aliphatic rings. The van der Waals surface area contributed by atoms with E-state index in [0.717, 1.165) is 18.8 Å². The third kappa shape index (κ3) is 4.61. The Labute approximate surface area is 194 Å². The second kappa shape index (κ2) is 7.96. The standard InChI is InChI=1S/C26H49NO2Si2/c1-23(2)14-11-15-24(3)20(23)12-16-25(4)21(24)13-17-26(19-27,29-31(8,9)10)22(25)18-28-30(5,6)7/h20-22H,11-18H2,1-10H3/t20-,21+,22-,24-,25+,26-/m0/s1. The average Bonchev–Trinajstić information content (AvgIpc) is 2.57. The molecule has 0 saturated heterocycles. The fraction of sp³-hybridized carbons (Fsp3) is 0.962. The Bertz CT molecular complexity index is 718. The largest absolute Gasteiger partial charge is 0.417 e. The number of rotatable bonds is 5. The molecular weight excluding hydrogens is 414 g/mol. The van der Waals surface area contributed by atoms with Gasteiger partial charge < -0.3 is 8.85 Å². The summed E-state index contributed by atoms with van der Waals surface area (Å²) in [4.78, 5) is 0. The van der Waals surface area contributed by atoms with Crippen LogP contribution in [0, 0.1) is 45.3 Å². The van der Waals surface area contributed by atoms with Gasteiger partial charge in [-0.3, -0.25) is 0 Å². The van der Waals surface area contributed by atoms with Crippen LogP contribution in [-0.2, 0) is 8.85 Å². The molecule has 3 saturated carbocycles. The molecule has 0 radical (unpaired) electrons. The number of fused-ring (bicyclic) bond motifs is 3. The predicted molar refractivity (Wildman–Crippen MR) is 135 cm³/mol. The van der Waals surface area contributed by atoms with Crippen molar-refractivity contribution in [3.63, 3.8) is 0 Å². The van der Waals surface area contributed by atoms with Crippen LogP contribution in [0.2, 0.25) is 39.3 Å². The lowest BCUT2D eigenvalue weighted by molar-refractivity contribution is -0.202. The van der Waals surface area contributed by atoms with Gasteiger partial charge in [0.05, 0.1) is 6.07 Å². The Hall–Kier alpha value is -0.156. The van der Waals surface area contributed by atoms with Crippen molar-refractivity contribution in [1.29, 1.82) is 5.26 Å². The predicted octanol–water partition coefficient (Wildman–Crippen LogP) is 7.61. The van der Waals surface area contributed by atoms with E-state index in [0.29, 0.717) is 23.4 Å². The van der Waals surface area contributed by atoms with Gasteiger partial charge in [-0.2, -0.15) is 5.26 Å². The minimum absolute atomic E-state index is 0.103. The lowest BCUT2D eigenvalue weighted by atomic mass is 9.38. The summed E-state index contributed by atoms with van der Waals surface area (Å²) in [5.41, 5.74) is 0.207. The molecule has 3 rings (SSSR count). The van der Waals surface area contributed by atoms with E-state index in [2.05, 4.69) is 73.0 Å². The second-order valence-electron chi connectivity index (χ2n) is 14.2. The summed E-state index contributed by atoms with van der Waals surface area (Å²) in [6, 6.07) is 2.77. The minimum atomic E-state index is -1.89. The van der Waals surface area contributed by atoms with Crippen LogP contribution in [0.3, 0.4) is 0 Å². The van der Waals surface area contributed by atoms with Crippen LogP contribution in [0.25, 0.3) is 0 Å². The van der Waals surface area contributed by atoms with E-state index in [9.17, 15) is 5.26 Å². The van der Waals surface area contributed by atoms with Crippen molar-refractivity contribution in [3.8, 4) is 6.07 Å². The van der Waals surface area contributed by atoms with Crippen LogP contribution in [0.1, 0.15) is 72.6 Å². The van der Waals surface area contributed by atoms with E-state index < -0.39 is 22.2 Å². The van der Waals surface area contributed by atoms with Crippen molar-refractivity contribution in [2.45, 2.75) is 118 Å². The molecule has 0 aromatic carbocycles. The molecule has 0 N–H and O–H groups in total. The summed E-state index contributed by atoms with van der Waals surface area (Å²) in [6.07, 6.45) is 8.54. The molecule has 5 heteroatoms. The highest BCUT2D eigenvalue weighted by atomic mass is 28.4. The zero-order chi connectivity index (χ0) is 23.5. The molecule has 0 bridgehead atoms. The normalized spacial score (nSPS) is 42.9. The summed E-state index contributed by atoms with van der Waals surface area (Å²) in [6.45, 7) is 24.3. The summed E-state index contributed by atoms with van der Waals surface area (Å²) in [5, 5.41) is 10.6. The summed E-state index contributed by atoms with van der Waals surface area (Å²) in [5.74, 6) is 1.60. The summed E-state index contributed by atoms with van der Waals surface area (Å²) < 4.78 is 13.4. The van der Waals surface area contributed by atoms with Crippen LogP contribution in [0.15, 0.2) is 0 Å². The van der Waals surface area contributed by atoms with E-state index in [1.165, 1.54) is 32.1 Å². The van der Waals surface area contributed by atoms with Gasteiger partial charge in [0.2, 0.25) is 0 Å². The fourth-order valence-electron chi connectivity index (χ4n) is 8.31. The zero-order valence-electron chi connectivity index (χ0n) is 22.2. The maximum Gasteiger partial charge on any atom is 0.185 e. The average molecular weight is 464 g/mol. The van der Waals surface area contributed by atoms with Gasteiger partial charge in [-0.1, -0.05) is 34.1 Å². The van der Waals surface area contributed by atoms with Gasteiger partial charge >= 0.3 is 0 Å². The van der Waals surface area contributed by atoms with Crippen LogP contribution in [0.4, 0.5) is 0 Å². The fourth-order valence-corrected chi connectivity index (χ4v) is 10.4. The van der Waals surface area contributed by atoms with Crippen molar-refractivity contribution in [2.24, 2.45) is 34.0 Å². The molecule has 6 atom stereocenters. The van der Waals surface area contributed by atoms with E-state index in [1.54, 1.807) is 0 Å². The van der Waals surface area contributed by atoms with Gasteiger partial charge in [-0.25, -0.2) is 0 Å². The van der Waals surface area contributed by atoms with Crippen LogP contribution in [0.5, 0.6) is 0 Å². The van der Waals surface area contributed by atoms with Gasteiger partial charge in [0, 0.05) is 12.5 Å². The van der Waals surface area contributed by atoms with Crippen molar-refractivity contribution in [3.05, 3.63) is 0 Å². The highest BCUT2D eigenvalue weighted by Crippen LogP contribution is 2.70. The SMILES string of the molecule is CC1(C)CCC[C@]2(C)[C@H]3CC[C@@](C#N)(O[Si](C)(C)C)[C@@H](CO[Si](C)(C)C)[C@]3(C)CC[C@@H]12. The number of hydrogen-bond donors (Lipinski definition) is 0. The van der Waals surface area contributed by atoms with E-state index >= 15 is 0 Å². The van der Waals surface area contributed by atoms with Gasteiger partial charge in [0.15, 0.2) is 16.6 Å². The molecule has 0 aromatic rings. The highest BCUT2D eigenvalue weighted by molar-refractivity contribution is 6.70. The number of nitrogens with zero attached hydrogens (tertiary/aromatic N) is 1. The molecule has 3 nitrogen and oxygen atoms in total. The third-order valence-electron chi connectivity index (χ3n) is 9.36. The number of hydrogen-bond acceptors (Lipinski definition) is 3. The lowest BCUT2D eigenvalue weighted by Crippen LogP contribution is -2.65. The van der Waals surface area contributed by atoms with E-state index in [-0.39, 0.29) is 11.3 Å². The van der Waals surface area contributed by atoms with Crippen LogP contribution < -0.4 is 0 Å². The molecule has 3 fully saturated rings. The Balaban J connectivity index is 2.05. The first kappa shape index (κ1) is 25.5.